The fourth-order valence-electron chi connectivity index (χ4n) is 3.92. The number of amides is 2. The van der Waals surface area contributed by atoms with Gasteiger partial charge in [0.25, 0.3) is 0 Å². The fraction of sp³-hybridized carbons (Fsp3) is 0.375. The van der Waals surface area contributed by atoms with Crippen LogP contribution in [0.1, 0.15) is 12.0 Å². The van der Waals surface area contributed by atoms with Crippen LogP contribution in [0.15, 0.2) is 36.4 Å². The van der Waals surface area contributed by atoms with Gasteiger partial charge < -0.3 is 0 Å². The molecular formula is C16H14ClNO2. The third kappa shape index (κ3) is 1.53. The number of allylic oxidation sites excluding steroid dienone is 2. The van der Waals surface area contributed by atoms with E-state index >= 15 is 0 Å². The van der Waals surface area contributed by atoms with Gasteiger partial charge in [0.1, 0.15) is 0 Å². The third-order valence-corrected chi connectivity index (χ3v) is 5.22. The van der Waals surface area contributed by atoms with Gasteiger partial charge >= 0.3 is 0 Å². The van der Waals surface area contributed by atoms with Crippen molar-refractivity contribution >= 4 is 23.4 Å². The maximum absolute atomic E-state index is 12.5. The van der Waals surface area contributed by atoms with E-state index in [1.807, 2.05) is 18.2 Å². The standard InChI is InChI=1S/C16H14ClNO2/c17-12-4-2-1-3-11(12)8-18-15(19)13-9-5-6-10(7-9)14(13)16(18)20/h1-6,9-10,13-14H,7-8H2/t9-,10-,13-,14-/m0/s1. The average molecular weight is 288 g/mol. The van der Waals surface area contributed by atoms with Crippen molar-refractivity contribution in [3.8, 4) is 0 Å². The number of imide groups is 1. The SMILES string of the molecule is O=C1[C@@H]2[C@@H](C(=O)N1Cc1ccccc1Cl)[C@H]1C=C[C@H]2C1. The van der Waals surface area contributed by atoms with Crippen molar-refractivity contribution in [2.75, 3.05) is 0 Å². The van der Waals surface area contributed by atoms with Crippen molar-refractivity contribution in [3.63, 3.8) is 0 Å². The van der Waals surface area contributed by atoms with E-state index in [1.165, 1.54) is 4.90 Å². The Morgan fingerprint density at radius 2 is 1.65 bits per heavy atom. The summed E-state index contributed by atoms with van der Waals surface area (Å²) in [6, 6.07) is 7.37. The predicted octanol–water partition coefficient (Wildman–Crippen LogP) is 2.65. The lowest BCUT2D eigenvalue weighted by molar-refractivity contribution is -0.141. The van der Waals surface area contributed by atoms with E-state index in [0.717, 1.165) is 12.0 Å². The number of halogens is 1. The van der Waals surface area contributed by atoms with Crippen LogP contribution >= 0.6 is 11.6 Å². The zero-order valence-electron chi connectivity index (χ0n) is 10.8. The molecule has 2 aliphatic carbocycles. The van der Waals surface area contributed by atoms with Gasteiger partial charge in [0.05, 0.1) is 18.4 Å². The van der Waals surface area contributed by atoms with Crippen LogP contribution in [0.25, 0.3) is 0 Å². The number of benzene rings is 1. The lowest BCUT2D eigenvalue weighted by Crippen LogP contribution is -2.32. The fourth-order valence-corrected chi connectivity index (χ4v) is 4.11. The lowest BCUT2D eigenvalue weighted by atomic mass is 9.85. The van der Waals surface area contributed by atoms with Crippen molar-refractivity contribution in [3.05, 3.63) is 47.0 Å². The second-order valence-corrected chi connectivity index (χ2v) is 6.26. The molecule has 1 saturated heterocycles. The van der Waals surface area contributed by atoms with E-state index in [1.54, 1.807) is 6.07 Å². The maximum Gasteiger partial charge on any atom is 0.234 e. The van der Waals surface area contributed by atoms with Crippen LogP contribution in [0.4, 0.5) is 0 Å². The highest BCUT2D eigenvalue weighted by Crippen LogP contribution is 2.52. The number of hydrogen-bond donors (Lipinski definition) is 0. The molecule has 1 aromatic carbocycles. The van der Waals surface area contributed by atoms with Crippen LogP contribution in [-0.4, -0.2) is 16.7 Å². The van der Waals surface area contributed by atoms with E-state index in [0.29, 0.717) is 11.6 Å². The molecule has 0 unspecified atom stereocenters. The maximum atomic E-state index is 12.5. The second kappa shape index (κ2) is 4.19. The van der Waals surface area contributed by atoms with Crippen molar-refractivity contribution in [1.82, 2.24) is 4.90 Å². The van der Waals surface area contributed by atoms with Gasteiger partial charge in [-0.2, -0.15) is 0 Å². The number of rotatable bonds is 2. The van der Waals surface area contributed by atoms with Crippen LogP contribution in [-0.2, 0) is 16.1 Å². The smallest absolute Gasteiger partial charge is 0.234 e. The topological polar surface area (TPSA) is 37.4 Å². The minimum atomic E-state index is -0.125. The van der Waals surface area contributed by atoms with Gasteiger partial charge in [-0.05, 0) is 29.9 Å². The summed E-state index contributed by atoms with van der Waals surface area (Å²) in [4.78, 5) is 26.5. The van der Waals surface area contributed by atoms with Gasteiger partial charge in [-0.15, -0.1) is 0 Å². The number of likely N-dealkylation sites (tertiary alicyclic amines) is 1. The first-order chi connectivity index (χ1) is 9.66. The van der Waals surface area contributed by atoms with E-state index in [4.69, 9.17) is 11.6 Å². The number of fused-ring (bicyclic) bond motifs is 5. The molecule has 0 aromatic heterocycles. The molecule has 102 valence electrons. The Kier molecular flexibility index (Phi) is 2.55. The molecule has 4 rings (SSSR count). The summed E-state index contributed by atoms with van der Waals surface area (Å²) in [5.41, 5.74) is 0.830. The Hall–Kier alpha value is -1.61. The highest BCUT2D eigenvalue weighted by molar-refractivity contribution is 6.31. The second-order valence-electron chi connectivity index (χ2n) is 5.85. The quantitative estimate of drug-likeness (QED) is 0.619. The molecule has 1 aromatic rings. The van der Waals surface area contributed by atoms with Crippen LogP contribution in [0.3, 0.4) is 0 Å². The van der Waals surface area contributed by atoms with Crippen LogP contribution in [0.2, 0.25) is 5.02 Å². The normalized spacial score (nSPS) is 34.1. The average Bonchev–Trinajstić information content (AvgIpc) is 3.10. The van der Waals surface area contributed by atoms with E-state index in [2.05, 4.69) is 12.2 Å². The summed E-state index contributed by atoms with van der Waals surface area (Å²) in [6.45, 7) is 0.295. The van der Waals surface area contributed by atoms with Crippen molar-refractivity contribution in [2.24, 2.45) is 23.7 Å². The first-order valence-corrected chi connectivity index (χ1v) is 7.31. The minimum Gasteiger partial charge on any atom is -0.278 e. The zero-order chi connectivity index (χ0) is 13.9. The highest BCUT2D eigenvalue weighted by atomic mass is 35.5. The summed E-state index contributed by atoms with van der Waals surface area (Å²) in [6.07, 6.45) is 5.18. The molecule has 1 aliphatic heterocycles. The summed E-state index contributed by atoms with van der Waals surface area (Å²) in [5, 5.41) is 0.603. The molecule has 2 amide bonds. The van der Waals surface area contributed by atoms with Gasteiger partial charge in [0, 0.05) is 5.02 Å². The highest BCUT2D eigenvalue weighted by Gasteiger charge is 2.59. The lowest BCUT2D eigenvalue weighted by Gasteiger charge is -2.17. The zero-order valence-corrected chi connectivity index (χ0v) is 11.6. The molecule has 0 radical (unpaired) electrons. The number of hydrogen-bond acceptors (Lipinski definition) is 2. The summed E-state index contributed by atoms with van der Waals surface area (Å²) in [5.74, 6) is 0.240. The van der Waals surface area contributed by atoms with E-state index in [-0.39, 0.29) is 35.5 Å². The van der Waals surface area contributed by atoms with Gasteiger partial charge in [0.15, 0.2) is 0 Å². The Morgan fingerprint density at radius 3 is 2.25 bits per heavy atom. The number of nitrogens with zero attached hydrogens (tertiary/aromatic N) is 1. The largest absolute Gasteiger partial charge is 0.278 e. The molecule has 0 N–H and O–H groups in total. The monoisotopic (exact) mass is 287 g/mol. The number of carbonyl (C=O) groups is 2. The first kappa shape index (κ1) is 12.2. The van der Waals surface area contributed by atoms with Crippen molar-refractivity contribution in [1.29, 1.82) is 0 Å². The van der Waals surface area contributed by atoms with Gasteiger partial charge in [-0.25, -0.2) is 0 Å². The van der Waals surface area contributed by atoms with Gasteiger partial charge in [0.2, 0.25) is 11.8 Å². The molecular weight excluding hydrogens is 274 g/mol. The molecule has 1 saturated carbocycles. The van der Waals surface area contributed by atoms with Crippen LogP contribution in [0.5, 0.6) is 0 Å². The van der Waals surface area contributed by atoms with Crippen molar-refractivity contribution < 1.29 is 9.59 Å². The third-order valence-electron chi connectivity index (χ3n) is 4.85. The molecule has 3 aliphatic rings. The Balaban J connectivity index is 1.64. The van der Waals surface area contributed by atoms with E-state index < -0.39 is 0 Å². The Labute approximate surface area is 122 Å². The minimum absolute atomic E-state index is 0.0169. The first-order valence-electron chi connectivity index (χ1n) is 6.94. The Bertz CT molecular complexity index is 609. The van der Waals surface area contributed by atoms with Crippen molar-refractivity contribution in [2.45, 2.75) is 13.0 Å². The summed E-state index contributed by atoms with van der Waals surface area (Å²) < 4.78 is 0. The molecule has 3 nitrogen and oxygen atoms in total. The van der Waals surface area contributed by atoms with Gasteiger partial charge in [-0.3, -0.25) is 14.5 Å². The van der Waals surface area contributed by atoms with Crippen LogP contribution in [0, 0.1) is 23.7 Å². The Morgan fingerprint density at radius 1 is 1.05 bits per heavy atom. The summed E-state index contributed by atoms with van der Waals surface area (Å²) in [7, 11) is 0. The molecule has 0 spiro atoms. The predicted molar refractivity (Wildman–Crippen MR) is 74.7 cm³/mol. The van der Waals surface area contributed by atoms with E-state index in [9.17, 15) is 9.59 Å². The number of carbonyl (C=O) groups excluding carboxylic acids is 2. The molecule has 20 heavy (non-hydrogen) atoms. The molecule has 1 heterocycles. The summed E-state index contributed by atoms with van der Waals surface area (Å²) >= 11 is 6.13. The molecule has 4 heteroatoms. The van der Waals surface area contributed by atoms with Gasteiger partial charge in [-0.1, -0.05) is 42.0 Å². The molecule has 2 bridgehead atoms. The molecule has 2 fully saturated rings. The molecule has 4 atom stereocenters. The van der Waals surface area contributed by atoms with Crippen LogP contribution < -0.4 is 0 Å².